The number of esters is 3. The van der Waals surface area contributed by atoms with E-state index in [9.17, 15) is 19.5 Å². The fraction of sp³-hybridized carbons (Fsp3) is 0.786. The minimum Gasteiger partial charge on any atom is -0.463 e. The van der Waals surface area contributed by atoms with E-state index in [4.69, 9.17) is 35.3 Å². The van der Waals surface area contributed by atoms with Gasteiger partial charge in [0.05, 0.1) is 6.61 Å². The molecule has 1 aliphatic heterocycles. The first-order chi connectivity index (χ1) is 11.3. The van der Waals surface area contributed by atoms with Gasteiger partial charge in [0.2, 0.25) is 0 Å². The Kier molecular flexibility index (Phi) is 8.40. The van der Waals surface area contributed by atoms with Crippen molar-refractivity contribution in [3.8, 4) is 0 Å². The maximum Gasteiger partial charge on any atom is 0.303 e. The van der Waals surface area contributed by atoms with Crippen molar-refractivity contribution in [2.24, 2.45) is 0 Å². The quantitative estimate of drug-likeness (QED) is 0.368. The summed E-state index contributed by atoms with van der Waals surface area (Å²) in [6.45, 7) is 3.27. The first-order valence-electron chi connectivity index (χ1n) is 7.25. The lowest BCUT2D eigenvalue weighted by molar-refractivity contribution is -0.304. The molecule has 0 saturated carbocycles. The molecule has 1 rings (SSSR count). The standard InChI is InChI=1S/C14H21ClO9/c1-7(16)21-6-10-12(22-8(2)17)13(23-9(3)18)11(19)14(24-10)20-5-4-15/h10-14,19H,4-6H2,1-3H3/t10-,11-,12-,13-,14-/m1/s1. The summed E-state index contributed by atoms with van der Waals surface area (Å²) in [5, 5.41) is 10.3. The Bertz CT molecular complexity index is 456. The van der Waals surface area contributed by atoms with Crippen LogP contribution in [0.3, 0.4) is 0 Å². The van der Waals surface area contributed by atoms with E-state index >= 15 is 0 Å². The van der Waals surface area contributed by atoms with Crippen LogP contribution in [0.2, 0.25) is 0 Å². The third-order valence-electron chi connectivity index (χ3n) is 3.03. The van der Waals surface area contributed by atoms with Gasteiger partial charge < -0.3 is 28.8 Å². The van der Waals surface area contributed by atoms with E-state index in [0.29, 0.717) is 0 Å². The number of carbonyl (C=O) groups is 3. The zero-order valence-electron chi connectivity index (χ0n) is 13.6. The highest BCUT2D eigenvalue weighted by molar-refractivity contribution is 6.17. The summed E-state index contributed by atoms with van der Waals surface area (Å²) in [5.41, 5.74) is 0. The first-order valence-corrected chi connectivity index (χ1v) is 7.78. The topological polar surface area (TPSA) is 118 Å². The molecular formula is C14H21ClO9. The van der Waals surface area contributed by atoms with E-state index in [2.05, 4.69) is 0 Å². The van der Waals surface area contributed by atoms with Crippen LogP contribution < -0.4 is 0 Å². The number of ether oxygens (including phenoxy) is 5. The van der Waals surface area contributed by atoms with Crippen LogP contribution in [0.15, 0.2) is 0 Å². The van der Waals surface area contributed by atoms with Crippen molar-refractivity contribution in [3.05, 3.63) is 0 Å². The Morgan fingerprint density at radius 2 is 1.62 bits per heavy atom. The second kappa shape index (κ2) is 9.77. The molecule has 0 aromatic carbocycles. The highest BCUT2D eigenvalue weighted by Crippen LogP contribution is 2.27. The molecule has 9 nitrogen and oxygen atoms in total. The lowest BCUT2D eigenvalue weighted by Crippen LogP contribution is -2.61. The van der Waals surface area contributed by atoms with Crippen molar-refractivity contribution in [2.45, 2.75) is 51.5 Å². The van der Waals surface area contributed by atoms with Crippen LogP contribution in [0.4, 0.5) is 0 Å². The predicted octanol–water partition coefficient (Wildman–Crippen LogP) is -0.246. The van der Waals surface area contributed by atoms with Gasteiger partial charge in [-0.3, -0.25) is 14.4 Å². The van der Waals surface area contributed by atoms with Crippen molar-refractivity contribution in [2.75, 3.05) is 19.1 Å². The molecule has 0 radical (unpaired) electrons. The van der Waals surface area contributed by atoms with Gasteiger partial charge in [0.15, 0.2) is 18.5 Å². The molecule has 0 aromatic rings. The molecule has 0 spiro atoms. The Morgan fingerprint density at radius 3 is 2.12 bits per heavy atom. The molecule has 1 heterocycles. The van der Waals surface area contributed by atoms with E-state index in [1.165, 1.54) is 6.92 Å². The summed E-state index contributed by atoms with van der Waals surface area (Å²) in [5.74, 6) is -1.80. The molecule has 1 fully saturated rings. The Balaban J connectivity index is 3.01. The fourth-order valence-electron chi connectivity index (χ4n) is 2.19. The highest BCUT2D eigenvalue weighted by Gasteiger charge is 2.50. The number of hydrogen-bond acceptors (Lipinski definition) is 9. The third-order valence-corrected chi connectivity index (χ3v) is 3.18. The number of aliphatic hydroxyl groups is 1. The molecule has 0 aromatic heterocycles. The van der Waals surface area contributed by atoms with Crippen LogP contribution in [0, 0.1) is 0 Å². The molecule has 24 heavy (non-hydrogen) atoms. The van der Waals surface area contributed by atoms with Crippen LogP contribution in [0.5, 0.6) is 0 Å². The monoisotopic (exact) mass is 368 g/mol. The van der Waals surface area contributed by atoms with E-state index in [0.717, 1.165) is 13.8 Å². The second-order valence-corrected chi connectivity index (χ2v) is 5.42. The average molecular weight is 369 g/mol. The van der Waals surface area contributed by atoms with Gasteiger partial charge in [-0.15, -0.1) is 11.6 Å². The minimum atomic E-state index is -1.42. The highest BCUT2D eigenvalue weighted by atomic mass is 35.5. The minimum absolute atomic E-state index is 0.0641. The molecule has 0 amide bonds. The maximum absolute atomic E-state index is 11.3. The van der Waals surface area contributed by atoms with Crippen molar-refractivity contribution in [1.82, 2.24) is 0 Å². The van der Waals surface area contributed by atoms with Crippen molar-refractivity contribution in [3.63, 3.8) is 0 Å². The molecule has 1 saturated heterocycles. The summed E-state index contributed by atoms with van der Waals surface area (Å²) in [4.78, 5) is 33.7. The number of aliphatic hydroxyl groups excluding tert-OH is 1. The van der Waals surface area contributed by atoms with Crippen LogP contribution in [0.25, 0.3) is 0 Å². The average Bonchev–Trinajstić information content (AvgIpc) is 2.48. The van der Waals surface area contributed by atoms with Gasteiger partial charge in [-0.1, -0.05) is 0 Å². The molecule has 1 aliphatic rings. The van der Waals surface area contributed by atoms with Gasteiger partial charge >= 0.3 is 17.9 Å². The second-order valence-electron chi connectivity index (χ2n) is 5.04. The largest absolute Gasteiger partial charge is 0.463 e. The van der Waals surface area contributed by atoms with Crippen molar-refractivity contribution in [1.29, 1.82) is 0 Å². The van der Waals surface area contributed by atoms with E-state index in [1.54, 1.807) is 0 Å². The molecule has 1 N–H and O–H groups in total. The summed E-state index contributed by atoms with van der Waals surface area (Å²) >= 11 is 5.54. The number of carbonyl (C=O) groups excluding carboxylic acids is 3. The Labute approximate surface area is 144 Å². The molecule has 138 valence electrons. The number of rotatable bonds is 7. The summed E-state index contributed by atoms with van der Waals surface area (Å²) in [7, 11) is 0. The first kappa shape index (κ1) is 20.6. The zero-order valence-corrected chi connectivity index (χ0v) is 14.4. The number of hydrogen-bond donors (Lipinski definition) is 1. The van der Waals surface area contributed by atoms with Crippen molar-refractivity contribution >= 4 is 29.5 Å². The van der Waals surface area contributed by atoms with Crippen LogP contribution in [-0.4, -0.2) is 72.8 Å². The number of halogens is 1. The molecule has 10 heteroatoms. The molecule has 0 bridgehead atoms. The van der Waals surface area contributed by atoms with Crippen LogP contribution in [0.1, 0.15) is 20.8 Å². The Morgan fingerprint density at radius 1 is 1.04 bits per heavy atom. The predicted molar refractivity (Wildman–Crippen MR) is 79.1 cm³/mol. The van der Waals surface area contributed by atoms with Crippen LogP contribution >= 0.6 is 11.6 Å². The van der Waals surface area contributed by atoms with E-state index in [-0.39, 0.29) is 19.1 Å². The van der Waals surface area contributed by atoms with Gasteiger partial charge in [-0.25, -0.2) is 0 Å². The van der Waals surface area contributed by atoms with Gasteiger partial charge in [-0.2, -0.15) is 0 Å². The van der Waals surface area contributed by atoms with Gasteiger partial charge in [0.25, 0.3) is 0 Å². The fourth-order valence-corrected chi connectivity index (χ4v) is 2.28. The summed E-state index contributed by atoms with van der Waals surface area (Å²) in [6, 6.07) is 0. The molecule has 0 aliphatic carbocycles. The van der Waals surface area contributed by atoms with Crippen molar-refractivity contribution < 1.29 is 43.2 Å². The maximum atomic E-state index is 11.3. The van der Waals surface area contributed by atoms with E-state index < -0.39 is 48.6 Å². The van der Waals surface area contributed by atoms with Gasteiger partial charge in [0.1, 0.15) is 18.8 Å². The number of alkyl halides is 1. The molecule has 5 atom stereocenters. The third kappa shape index (κ3) is 6.23. The normalized spacial score (nSPS) is 29.6. The lowest BCUT2D eigenvalue weighted by atomic mass is 9.98. The summed E-state index contributed by atoms with van der Waals surface area (Å²) in [6.07, 6.45) is -6.03. The Hall–Kier alpha value is -1.42. The zero-order chi connectivity index (χ0) is 18.3. The SMILES string of the molecule is CC(=O)OC[C@H]1O[C@@H](OCCCl)[C@H](O)[C@@H](OC(C)=O)[C@@H]1OC(C)=O. The summed E-state index contributed by atoms with van der Waals surface area (Å²) < 4.78 is 25.8. The lowest BCUT2D eigenvalue weighted by Gasteiger charge is -2.42. The van der Waals surface area contributed by atoms with Gasteiger partial charge in [-0.05, 0) is 0 Å². The van der Waals surface area contributed by atoms with Gasteiger partial charge in [0, 0.05) is 26.7 Å². The smallest absolute Gasteiger partial charge is 0.303 e. The molecular weight excluding hydrogens is 348 g/mol. The molecule has 0 unspecified atom stereocenters. The van der Waals surface area contributed by atoms with E-state index in [1.807, 2.05) is 0 Å². The van der Waals surface area contributed by atoms with Crippen LogP contribution in [-0.2, 0) is 38.1 Å².